The first-order chi connectivity index (χ1) is 6.24. The molecule has 1 aromatic heterocycles. The van der Waals surface area contributed by atoms with Crippen LogP contribution in [0.2, 0.25) is 0 Å². The highest BCUT2D eigenvalue weighted by Crippen LogP contribution is 2.04. The maximum atomic E-state index is 8.55. The molecule has 0 atom stereocenters. The fourth-order valence-electron chi connectivity index (χ4n) is 1.06. The van der Waals surface area contributed by atoms with Crippen LogP contribution in [0.15, 0.2) is 12.4 Å². The third-order valence-electron chi connectivity index (χ3n) is 1.80. The van der Waals surface area contributed by atoms with Crippen LogP contribution in [0.25, 0.3) is 0 Å². The van der Waals surface area contributed by atoms with Gasteiger partial charge in [-0.1, -0.05) is 0 Å². The highest BCUT2D eigenvalue weighted by Gasteiger charge is 2.00. The molecule has 2 N–H and O–H groups in total. The Labute approximate surface area is 90.7 Å². The molecule has 5 heteroatoms. The molecule has 1 heterocycles. The Morgan fingerprint density at radius 2 is 2.29 bits per heavy atom. The minimum atomic E-state index is 0. The van der Waals surface area contributed by atoms with Gasteiger partial charge in [0.25, 0.3) is 0 Å². The van der Waals surface area contributed by atoms with E-state index in [1.165, 1.54) is 0 Å². The third kappa shape index (κ3) is 4.09. The molecule has 0 radical (unpaired) electrons. The molecule has 0 aliphatic carbocycles. The lowest BCUT2D eigenvalue weighted by Gasteiger charge is -2.03. The molecule has 82 valence electrons. The molecule has 0 unspecified atom stereocenters. The Morgan fingerprint density at radius 3 is 2.79 bits per heavy atom. The number of halogens is 1. The monoisotopic (exact) mass is 219 g/mol. The van der Waals surface area contributed by atoms with E-state index < -0.39 is 0 Å². The van der Waals surface area contributed by atoms with E-state index in [1.54, 1.807) is 0 Å². The Balaban J connectivity index is 0.00000169. The first-order valence-electron chi connectivity index (χ1n) is 4.58. The molecule has 14 heavy (non-hydrogen) atoms. The van der Waals surface area contributed by atoms with Gasteiger partial charge in [-0.15, -0.1) is 12.4 Å². The lowest BCUT2D eigenvalue weighted by atomic mass is 10.3. The first-order valence-corrected chi connectivity index (χ1v) is 4.58. The van der Waals surface area contributed by atoms with Gasteiger partial charge < -0.3 is 10.4 Å². The van der Waals surface area contributed by atoms with Crippen LogP contribution >= 0.6 is 12.4 Å². The number of hydrogen-bond acceptors (Lipinski definition) is 3. The average Bonchev–Trinajstić information content (AvgIpc) is 2.53. The normalized spacial score (nSPS) is 10.3. The molecule has 0 aliphatic heterocycles. The Hall–Kier alpha value is -0.580. The minimum absolute atomic E-state index is 0. The summed E-state index contributed by atoms with van der Waals surface area (Å²) in [6, 6.07) is 0.409. The van der Waals surface area contributed by atoms with Gasteiger partial charge in [-0.2, -0.15) is 5.10 Å². The quantitative estimate of drug-likeness (QED) is 0.726. The van der Waals surface area contributed by atoms with Crippen LogP contribution in [-0.4, -0.2) is 28.0 Å². The molecule has 0 fully saturated rings. The standard InChI is InChI=1S/C9H17N3O.ClH/c1-8(2)12-7-9(6-11-12)5-10-3-4-13;/h6-8,10,13H,3-5H2,1-2H3;1H. The van der Waals surface area contributed by atoms with Gasteiger partial charge in [-0.05, 0) is 13.8 Å². The van der Waals surface area contributed by atoms with Crippen molar-refractivity contribution in [3.8, 4) is 0 Å². The van der Waals surface area contributed by atoms with Crippen LogP contribution in [0.5, 0.6) is 0 Å². The van der Waals surface area contributed by atoms with Crippen molar-refractivity contribution in [2.45, 2.75) is 26.4 Å². The van der Waals surface area contributed by atoms with Crippen molar-refractivity contribution in [2.24, 2.45) is 0 Å². The van der Waals surface area contributed by atoms with Crippen molar-refractivity contribution < 1.29 is 5.11 Å². The zero-order chi connectivity index (χ0) is 9.68. The lowest BCUT2D eigenvalue weighted by molar-refractivity contribution is 0.292. The molecule has 0 saturated carbocycles. The van der Waals surface area contributed by atoms with E-state index >= 15 is 0 Å². The van der Waals surface area contributed by atoms with Gasteiger partial charge in [0.2, 0.25) is 0 Å². The molecule has 0 aromatic carbocycles. The summed E-state index contributed by atoms with van der Waals surface area (Å²) in [7, 11) is 0. The van der Waals surface area contributed by atoms with E-state index in [0.29, 0.717) is 12.6 Å². The van der Waals surface area contributed by atoms with Gasteiger partial charge in [0.1, 0.15) is 0 Å². The third-order valence-corrected chi connectivity index (χ3v) is 1.80. The van der Waals surface area contributed by atoms with E-state index in [2.05, 4.69) is 24.3 Å². The summed E-state index contributed by atoms with van der Waals surface area (Å²) in [6.07, 6.45) is 3.87. The predicted molar refractivity (Wildman–Crippen MR) is 58.7 cm³/mol. The molecule has 1 aromatic rings. The highest BCUT2D eigenvalue weighted by molar-refractivity contribution is 5.85. The average molecular weight is 220 g/mol. The van der Waals surface area contributed by atoms with Gasteiger partial charge in [0.05, 0.1) is 12.8 Å². The van der Waals surface area contributed by atoms with E-state index in [-0.39, 0.29) is 19.0 Å². The van der Waals surface area contributed by atoms with Crippen molar-refractivity contribution in [1.82, 2.24) is 15.1 Å². The molecule has 4 nitrogen and oxygen atoms in total. The number of aromatic nitrogens is 2. The molecule has 0 aliphatic rings. The summed E-state index contributed by atoms with van der Waals surface area (Å²) in [5.41, 5.74) is 1.15. The lowest BCUT2D eigenvalue weighted by Crippen LogP contribution is -2.17. The first kappa shape index (κ1) is 13.4. The van der Waals surface area contributed by atoms with Gasteiger partial charge in [-0.3, -0.25) is 4.68 Å². The topological polar surface area (TPSA) is 50.1 Å². The second-order valence-corrected chi connectivity index (χ2v) is 3.32. The van der Waals surface area contributed by atoms with Crippen molar-refractivity contribution in [3.05, 3.63) is 18.0 Å². The maximum Gasteiger partial charge on any atom is 0.0556 e. The van der Waals surface area contributed by atoms with E-state index in [4.69, 9.17) is 5.11 Å². The highest BCUT2D eigenvalue weighted by atomic mass is 35.5. The molecule has 0 spiro atoms. The van der Waals surface area contributed by atoms with Crippen molar-refractivity contribution in [3.63, 3.8) is 0 Å². The Bertz CT molecular complexity index is 250. The van der Waals surface area contributed by atoms with Crippen LogP contribution in [0.4, 0.5) is 0 Å². The number of aliphatic hydroxyl groups is 1. The molecular formula is C9H18ClN3O. The van der Waals surface area contributed by atoms with Gasteiger partial charge in [-0.25, -0.2) is 0 Å². The van der Waals surface area contributed by atoms with E-state index in [1.807, 2.05) is 17.1 Å². The maximum absolute atomic E-state index is 8.55. The number of nitrogens with zero attached hydrogens (tertiary/aromatic N) is 2. The summed E-state index contributed by atoms with van der Waals surface area (Å²) < 4.78 is 1.93. The summed E-state index contributed by atoms with van der Waals surface area (Å²) >= 11 is 0. The van der Waals surface area contributed by atoms with Crippen LogP contribution in [0.1, 0.15) is 25.5 Å². The molecule has 0 bridgehead atoms. The van der Waals surface area contributed by atoms with Crippen LogP contribution in [-0.2, 0) is 6.54 Å². The second kappa shape index (κ2) is 6.81. The smallest absolute Gasteiger partial charge is 0.0556 e. The summed E-state index contributed by atoms with van der Waals surface area (Å²) in [6.45, 7) is 5.77. The molecule has 1 rings (SSSR count). The van der Waals surface area contributed by atoms with E-state index in [0.717, 1.165) is 12.1 Å². The van der Waals surface area contributed by atoms with Gasteiger partial charge >= 0.3 is 0 Å². The fourth-order valence-corrected chi connectivity index (χ4v) is 1.06. The number of nitrogens with one attached hydrogen (secondary N) is 1. The van der Waals surface area contributed by atoms with Gasteiger partial charge in [0, 0.05) is 30.9 Å². The van der Waals surface area contributed by atoms with E-state index in [9.17, 15) is 0 Å². The van der Waals surface area contributed by atoms with Gasteiger partial charge in [0.15, 0.2) is 0 Å². The van der Waals surface area contributed by atoms with Crippen molar-refractivity contribution in [2.75, 3.05) is 13.2 Å². The van der Waals surface area contributed by atoms with Crippen LogP contribution in [0, 0.1) is 0 Å². The Kier molecular flexibility index (Phi) is 6.53. The molecule has 0 saturated heterocycles. The fraction of sp³-hybridized carbons (Fsp3) is 0.667. The second-order valence-electron chi connectivity index (χ2n) is 3.32. The summed E-state index contributed by atoms with van der Waals surface area (Å²) in [5.74, 6) is 0. The van der Waals surface area contributed by atoms with Crippen LogP contribution < -0.4 is 5.32 Å². The van der Waals surface area contributed by atoms with Crippen LogP contribution in [0.3, 0.4) is 0 Å². The number of hydrogen-bond donors (Lipinski definition) is 2. The zero-order valence-corrected chi connectivity index (χ0v) is 9.42. The van der Waals surface area contributed by atoms with Crippen molar-refractivity contribution >= 4 is 12.4 Å². The summed E-state index contributed by atoms with van der Waals surface area (Å²) in [4.78, 5) is 0. The zero-order valence-electron chi connectivity index (χ0n) is 8.60. The Morgan fingerprint density at radius 1 is 1.57 bits per heavy atom. The predicted octanol–water partition coefficient (Wildman–Crippen LogP) is 0.968. The minimum Gasteiger partial charge on any atom is -0.395 e. The number of rotatable bonds is 5. The number of aliphatic hydroxyl groups excluding tert-OH is 1. The largest absolute Gasteiger partial charge is 0.395 e. The summed E-state index contributed by atoms with van der Waals surface area (Å²) in [5, 5.41) is 15.9. The molecule has 0 amide bonds. The molecular weight excluding hydrogens is 202 g/mol. The van der Waals surface area contributed by atoms with Crippen molar-refractivity contribution in [1.29, 1.82) is 0 Å². The SMILES string of the molecule is CC(C)n1cc(CNCCO)cn1.Cl.